The van der Waals surface area contributed by atoms with Crippen molar-refractivity contribution in [2.75, 3.05) is 11.4 Å². The summed E-state index contributed by atoms with van der Waals surface area (Å²) in [5.74, 6) is -0.831. The second kappa shape index (κ2) is 9.87. The highest BCUT2D eigenvalue weighted by atomic mass is 16.3. The van der Waals surface area contributed by atoms with Crippen LogP contribution >= 0.6 is 0 Å². The molecule has 7 heteroatoms. The number of aryl methyl sites for hydroxylation is 2. The van der Waals surface area contributed by atoms with Gasteiger partial charge in [-0.2, -0.15) is 0 Å². The number of aromatic hydroxyl groups is 1. The molecule has 1 saturated heterocycles. The van der Waals surface area contributed by atoms with Gasteiger partial charge < -0.3 is 20.7 Å². The average molecular weight is 457 g/mol. The maximum atomic E-state index is 13.3. The van der Waals surface area contributed by atoms with Gasteiger partial charge in [0.1, 0.15) is 5.75 Å². The number of pyridine rings is 1. The van der Waals surface area contributed by atoms with E-state index in [4.69, 9.17) is 5.41 Å². The van der Waals surface area contributed by atoms with Crippen molar-refractivity contribution >= 4 is 23.2 Å². The fourth-order valence-corrected chi connectivity index (χ4v) is 4.40. The minimum absolute atomic E-state index is 0.0474. The van der Waals surface area contributed by atoms with E-state index in [2.05, 4.69) is 10.3 Å². The average Bonchev–Trinajstić information content (AvgIpc) is 3.21. The summed E-state index contributed by atoms with van der Waals surface area (Å²) >= 11 is 0. The van der Waals surface area contributed by atoms with Crippen molar-refractivity contribution in [3.63, 3.8) is 0 Å². The van der Waals surface area contributed by atoms with Crippen LogP contribution in [0, 0.1) is 25.2 Å². The van der Waals surface area contributed by atoms with Gasteiger partial charge in [-0.1, -0.05) is 42.0 Å². The highest BCUT2D eigenvalue weighted by molar-refractivity contribution is 6.01. The molecule has 0 bridgehead atoms. The van der Waals surface area contributed by atoms with Gasteiger partial charge in [0.2, 0.25) is 11.8 Å². The monoisotopic (exact) mass is 456 g/mol. The Balaban J connectivity index is 1.53. The number of carbonyl (C=O) groups excluding carboxylic acids is 2. The molecule has 34 heavy (non-hydrogen) atoms. The number of hydrogen-bond acceptors (Lipinski definition) is 5. The molecule has 2 amide bonds. The number of phenolic OH excluding ortho intramolecular Hbond substituents is 1. The minimum Gasteiger partial charge on any atom is -0.508 e. The quantitative estimate of drug-likeness (QED) is 0.466. The van der Waals surface area contributed by atoms with Gasteiger partial charge in [0.25, 0.3) is 0 Å². The molecule has 3 aromatic rings. The summed E-state index contributed by atoms with van der Waals surface area (Å²) in [5.41, 5.74) is 4.40. The lowest BCUT2D eigenvalue weighted by molar-refractivity contribution is -0.126. The van der Waals surface area contributed by atoms with Crippen LogP contribution in [0.25, 0.3) is 0 Å². The first kappa shape index (κ1) is 23.2. The van der Waals surface area contributed by atoms with Crippen molar-refractivity contribution in [1.29, 1.82) is 5.41 Å². The largest absolute Gasteiger partial charge is 0.508 e. The third-order valence-corrected chi connectivity index (χ3v) is 6.19. The highest BCUT2D eigenvalue weighted by Crippen LogP contribution is 2.31. The number of hydrogen-bond donors (Lipinski definition) is 3. The summed E-state index contributed by atoms with van der Waals surface area (Å²) in [7, 11) is 0. The molecule has 1 aliphatic heterocycles. The number of carbonyl (C=O) groups is 2. The Labute approximate surface area is 199 Å². The van der Waals surface area contributed by atoms with Crippen LogP contribution in [-0.4, -0.2) is 34.2 Å². The second-order valence-electron chi connectivity index (χ2n) is 8.74. The molecular formula is C27H28N4O3. The molecule has 2 heterocycles. The van der Waals surface area contributed by atoms with Crippen molar-refractivity contribution in [2.24, 2.45) is 5.92 Å². The maximum Gasteiger partial charge on any atom is 0.227 e. The Morgan fingerprint density at radius 3 is 2.71 bits per heavy atom. The van der Waals surface area contributed by atoms with E-state index in [0.717, 1.165) is 16.8 Å². The number of nitrogens with one attached hydrogen (secondary N) is 2. The fourth-order valence-electron chi connectivity index (χ4n) is 4.40. The first-order valence-corrected chi connectivity index (χ1v) is 11.3. The number of anilines is 1. The van der Waals surface area contributed by atoms with Crippen molar-refractivity contribution in [3.05, 3.63) is 89.2 Å². The van der Waals surface area contributed by atoms with E-state index in [-0.39, 0.29) is 30.4 Å². The minimum atomic E-state index is -0.619. The number of aromatic nitrogens is 1. The Morgan fingerprint density at radius 1 is 1.21 bits per heavy atom. The van der Waals surface area contributed by atoms with E-state index < -0.39 is 12.0 Å². The lowest BCUT2D eigenvalue weighted by Gasteiger charge is -2.23. The standard InChI is InChI=1S/C27H28N4O3/c1-17-9-10-24(18(2)12-17)31-16-20(13-26(31)33)27(34)30-23(21-7-3-4-8-25(21)32)14-22(28)19-6-5-11-29-15-19/h3-12,15,20,23,28,32H,13-14,16H2,1-2H3,(H,30,34). The van der Waals surface area contributed by atoms with Crippen molar-refractivity contribution < 1.29 is 14.7 Å². The Morgan fingerprint density at radius 2 is 2.00 bits per heavy atom. The van der Waals surface area contributed by atoms with Gasteiger partial charge in [-0.05, 0) is 37.6 Å². The number of phenols is 1. The van der Waals surface area contributed by atoms with Gasteiger partial charge in [0.05, 0.1) is 12.0 Å². The highest BCUT2D eigenvalue weighted by Gasteiger charge is 2.36. The zero-order valence-electron chi connectivity index (χ0n) is 19.3. The molecule has 3 N–H and O–H groups in total. The molecular weight excluding hydrogens is 428 g/mol. The number of benzene rings is 2. The molecule has 0 radical (unpaired) electrons. The molecule has 1 fully saturated rings. The van der Waals surface area contributed by atoms with Crippen LogP contribution < -0.4 is 10.2 Å². The van der Waals surface area contributed by atoms with Crippen LogP contribution in [0.2, 0.25) is 0 Å². The summed E-state index contributed by atoms with van der Waals surface area (Å²) in [6, 6.07) is 15.6. The predicted octanol–water partition coefficient (Wildman–Crippen LogP) is 4.07. The van der Waals surface area contributed by atoms with E-state index in [9.17, 15) is 14.7 Å². The number of rotatable bonds is 7. The molecule has 2 atom stereocenters. The van der Waals surface area contributed by atoms with Gasteiger partial charge in [0.15, 0.2) is 0 Å². The summed E-state index contributed by atoms with van der Waals surface area (Å²) in [6.45, 7) is 4.25. The topological polar surface area (TPSA) is 106 Å². The first-order chi connectivity index (χ1) is 16.3. The smallest absolute Gasteiger partial charge is 0.227 e. The third kappa shape index (κ3) is 4.98. The summed E-state index contributed by atoms with van der Waals surface area (Å²) in [6.07, 6.45) is 3.53. The Hall–Kier alpha value is -4.00. The van der Waals surface area contributed by atoms with Crippen molar-refractivity contribution in [1.82, 2.24) is 10.3 Å². The van der Waals surface area contributed by atoms with Crippen LogP contribution in [0.3, 0.4) is 0 Å². The molecule has 4 rings (SSSR count). The van der Waals surface area contributed by atoms with E-state index in [1.807, 2.05) is 32.0 Å². The van der Waals surface area contributed by atoms with E-state index >= 15 is 0 Å². The second-order valence-corrected chi connectivity index (χ2v) is 8.74. The van der Waals surface area contributed by atoms with Crippen molar-refractivity contribution in [3.8, 4) is 5.75 Å². The lowest BCUT2D eigenvalue weighted by atomic mass is 9.96. The predicted molar refractivity (Wildman–Crippen MR) is 131 cm³/mol. The molecule has 0 aliphatic carbocycles. The number of para-hydroxylation sites is 1. The van der Waals surface area contributed by atoms with Gasteiger partial charge in [-0.3, -0.25) is 14.6 Å². The lowest BCUT2D eigenvalue weighted by Crippen LogP contribution is -2.36. The molecule has 7 nitrogen and oxygen atoms in total. The summed E-state index contributed by atoms with van der Waals surface area (Å²) in [4.78, 5) is 31.8. The molecule has 1 aliphatic rings. The number of amides is 2. The van der Waals surface area contributed by atoms with Gasteiger partial charge >= 0.3 is 0 Å². The molecule has 2 unspecified atom stereocenters. The van der Waals surface area contributed by atoms with Crippen LogP contribution in [0.15, 0.2) is 67.0 Å². The van der Waals surface area contributed by atoms with Gasteiger partial charge in [0, 0.05) is 54.3 Å². The molecule has 174 valence electrons. The fraction of sp³-hybridized carbons (Fsp3) is 0.259. The zero-order valence-corrected chi connectivity index (χ0v) is 19.3. The normalized spacial score (nSPS) is 16.4. The van der Waals surface area contributed by atoms with Crippen molar-refractivity contribution in [2.45, 2.75) is 32.7 Å². The van der Waals surface area contributed by atoms with E-state index in [0.29, 0.717) is 23.4 Å². The maximum absolute atomic E-state index is 13.3. The van der Waals surface area contributed by atoms with Crippen LogP contribution in [-0.2, 0) is 9.59 Å². The van der Waals surface area contributed by atoms with Crippen LogP contribution in [0.5, 0.6) is 5.75 Å². The summed E-state index contributed by atoms with van der Waals surface area (Å²) in [5, 5.41) is 21.9. The first-order valence-electron chi connectivity index (χ1n) is 11.3. The van der Waals surface area contributed by atoms with E-state index in [1.54, 1.807) is 53.7 Å². The van der Waals surface area contributed by atoms with Crippen LogP contribution in [0.1, 0.15) is 41.1 Å². The number of nitrogens with zero attached hydrogens (tertiary/aromatic N) is 2. The van der Waals surface area contributed by atoms with Crippen LogP contribution in [0.4, 0.5) is 5.69 Å². The molecule has 0 spiro atoms. The molecule has 2 aromatic carbocycles. The molecule has 1 aromatic heterocycles. The van der Waals surface area contributed by atoms with E-state index in [1.165, 1.54) is 0 Å². The van der Waals surface area contributed by atoms with Gasteiger partial charge in [-0.25, -0.2) is 0 Å². The SMILES string of the molecule is Cc1ccc(N2CC(C(=O)NC(CC(=N)c3cccnc3)c3ccccc3O)CC2=O)c(C)c1. The third-order valence-electron chi connectivity index (χ3n) is 6.19. The Kier molecular flexibility index (Phi) is 6.72. The Bertz CT molecular complexity index is 1230. The zero-order chi connectivity index (χ0) is 24.2. The summed E-state index contributed by atoms with van der Waals surface area (Å²) < 4.78 is 0. The van der Waals surface area contributed by atoms with Gasteiger partial charge in [-0.15, -0.1) is 0 Å². The molecule has 0 saturated carbocycles.